The van der Waals surface area contributed by atoms with Crippen LogP contribution in [0.5, 0.6) is 5.75 Å². The Labute approximate surface area is 427 Å². The molecule has 0 aliphatic carbocycles. The number of fused-ring (bicyclic) bond motifs is 9. The number of phenolic OH excluding ortho intramolecular Hbond substituents is 1. The van der Waals surface area contributed by atoms with Crippen LogP contribution in [0.3, 0.4) is 0 Å². The molecule has 74 heavy (non-hydrogen) atoms. The number of nitrogens with one attached hydrogen (secondary N) is 4. The number of hydrogen-bond acceptors (Lipinski definition) is 9. The highest BCUT2D eigenvalue weighted by atomic mass is 16.3. The lowest BCUT2D eigenvalue weighted by molar-refractivity contribution is -0.147. The summed E-state index contributed by atoms with van der Waals surface area (Å²) in [4.78, 5) is 108. The van der Waals surface area contributed by atoms with E-state index >= 15 is 9.59 Å². The molecule has 378 valence electrons. The van der Waals surface area contributed by atoms with E-state index in [9.17, 15) is 29.1 Å². The standard InChI is InChI=1S/C57H57N9O8/c1-33-49(68)62-44-31-57(40-18-9-11-20-46(40)65-55(74)48(66(54(44)73)56(57)65)29-35-15-6-3-7-16-35)64-32-37(39-17-8-10-19-45(39)64)30-41(58)50(69)61-43(28-34-13-4-2-5-14-34)53(72)63-26-12-21-47(63)52(71)60-42(51(70)59-33)27-36-22-24-38(67)25-23-36/h2-11,13-20,22-25,32-33,41-44,47-48,56,67H,12,21,26-31,58H2,1H3,(H,59,70)(H,60,71)(H,61,69)(H,62,68)/t33-,41-,42-,43-,44+,47-,48-,56-,57+/m0/s1. The predicted octanol–water partition coefficient (Wildman–Crippen LogP) is 2.94. The number of aromatic hydroxyl groups is 1. The highest BCUT2D eigenvalue weighted by Gasteiger charge is 2.68. The Morgan fingerprint density at radius 1 is 0.635 bits per heavy atom. The van der Waals surface area contributed by atoms with E-state index in [1.165, 1.54) is 24.0 Å². The smallest absolute Gasteiger partial charge is 0.252 e. The number of anilines is 1. The van der Waals surface area contributed by atoms with Gasteiger partial charge in [-0.1, -0.05) is 109 Å². The van der Waals surface area contributed by atoms with Crippen LogP contribution in [0.4, 0.5) is 5.69 Å². The van der Waals surface area contributed by atoms with E-state index in [-0.39, 0.29) is 56.7 Å². The molecule has 4 bridgehead atoms. The first-order valence-electron chi connectivity index (χ1n) is 25.3. The lowest BCUT2D eigenvalue weighted by atomic mass is 9.78. The maximum Gasteiger partial charge on any atom is 0.252 e. The van der Waals surface area contributed by atoms with Gasteiger partial charge in [-0.25, -0.2) is 0 Å². The van der Waals surface area contributed by atoms with E-state index in [4.69, 9.17) is 5.73 Å². The van der Waals surface area contributed by atoms with Gasteiger partial charge in [0.05, 0.1) is 11.7 Å². The van der Waals surface area contributed by atoms with Gasteiger partial charge >= 0.3 is 0 Å². The van der Waals surface area contributed by atoms with Crippen molar-refractivity contribution in [2.45, 2.75) is 106 Å². The lowest BCUT2D eigenvalue weighted by Crippen LogP contribution is -2.68. The van der Waals surface area contributed by atoms with Crippen LogP contribution in [0.1, 0.15) is 54.0 Å². The number of carbonyl (C=O) groups excluding carboxylic acids is 7. The number of carbonyl (C=O) groups is 7. The maximum atomic E-state index is 15.4. The van der Waals surface area contributed by atoms with E-state index in [1.807, 2.05) is 115 Å². The van der Waals surface area contributed by atoms with Crippen molar-refractivity contribution in [1.29, 1.82) is 0 Å². The second-order valence-electron chi connectivity index (χ2n) is 20.2. The van der Waals surface area contributed by atoms with E-state index < -0.39 is 89.4 Å². The summed E-state index contributed by atoms with van der Waals surface area (Å²) in [7, 11) is 0. The van der Waals surface area contributed by atoms with Gasteiger partial charge in [0.2, 0.25) is 35.4 Å². The van der Waals surface area contributed by atoms with Crippen LogP contribution in [0, 0.1) is 0 Å². The first kappa shape index (κ1) is 48.0. The van der Waals surface area contributed by atoms with E-state index in [1.54, 1.807) is 21.9 Å². The molecular formula is C57H57N9O8. The molecule has 7 amide bonds. The molecule has 7 N–H and O–H groups in total. The molecule has 1 spiro atoms. The molecule has 3 saturated heterocycles. The first-order valence-corrected chi connectivity index (χ1v) is 25.3. The summed E-state index contributed by atoms with van der Waals surface area (Å²) in [6.45, 7) is 1.71. The lowest BCUT2D eigenvalue weighted by Gasteiger charge is -2.49. The molecule has 0 unspecified atom stereocenters. The molecule has 0 radical (unpaired) electrons. The number of nitrogens with zero attached hydrogens (tertiary/aromatic N) is 4. The topological polar surface area (TPSA) is 229 Å². The van der Waals surface area contributed by atoms with Crippen LogP contribution in [0.2, 0.25) is 0 Å². The van der Waals surface area contributed by atoms with E-state index in [0.29, 0.717) is 23.2 Å². The van der Waals surface area contributed by atoms with Gasteiger partial charge in [-0.2, -0.15) is 0 Å². The summed E-state index contributed by atoms with van der Waals surface area (Å²) < 4.78 is 2.08. The largest absolute Gasteiger partial charge is 0.508 e. The van der Waals surface area contributed by atoms with E-state index in [0.717, 1.165) is 27.6 Å². The van der Waals surface area contributed by atoms with Gasteiger partial charge in [-0.3, -0.25) is 38.5 Å². The molecule has 6 aromatic rings. The zero-order valence-corrected chi connectivity index (χ0v) is 40.7. The molecule has 11 rings (SSSR count). The predicted molar refractivity (Wildman–Crippen MR) is 274 cm³/mol. The first-order chi connectivity index (χ1) is 35.8. The number of piperidine rings is 1. The molecule has 0 saturated carbocycles. The van der Waals surface area contributed by atoms with Gasteiger partial charge in [0.1, 0.15) is 53.7 Å². The zero-order valence-electron chi connectivity index (χ0n) is 40.7. The Bertz CT molecular complexity index is 3200. The van der Waals surface area contributed by atoms with Crippen LogP contribution in [-0.2, 0) is 64.8 Å². The summed E-state index contributed by atoms with van der Waals surface area (Å²) in [5.74, 6) is -3.80. The maximum absolute atomic E-state index is 15.4. The molecular weight excluding hydrogens is 939 g/mol. The second kappa shape index (κ2) is 19.3. The molecule has 9 atom stereocenters. The van der Waals surface area contributed by atoms with Crippen molar-refractivity contribution in [3.8, 4) is 5.75 Å². The van der Waals surface area contributed by atoms with Crippen molar-refractivity contribution in [2.24, 2.45) is 5.73 Å². The van der Waals surface area contributed by atoms with Crippen molar-refractivity contribution in [3.05, 3.63) is 167 Å². The Morgan fingerprint density at radius 3 is 2.01 bits per heavy atom. The number of rotatable bonds is 6. The summed E-state index contributed by atoms with van der Waals surface area (Å²) in [6.07, 6.45) is 2.10. The average molecular weight is 996 g/mol. The van der Waals surface area contributed by atoms with Gasteiger partial charge in [0, 0.05) is 54.9 Å². The van der Waals surface area contributed by atoms with Gasteiger partial charge < -0.3 is 46.5 Å². The summed E-state index contributed by atoms with van der Waals surface area (Å²) in [5.41, 5.74) is 10.7. The van der Waals surface area contributed by atoms with Gasteiger partial charge in [-0.05, 0) is 72.7 Å². The Kier molecular flexibility index (Phi) is 12.5. The SMILES string of the molecule is C[C@@H]1NC(=O)[C@H](Cc2ccc(O)cc2)NC(=O)[C@@H]2CCCN2C(=O)[C@H](Cc2ccccc2)NC(=O)[C@@H](N)Cc2cn(c3ccccc23)[C@]23C[C@@H](NC1=O)C(=O)N1[C@@H](Cc4ccccc4)C(=O)N(c4ccccc42)[C@@H]13. The molecule has 5 aromatic carbocycles. The Morgan fingerprint density at radius 2 is 1.27 bits per heavy atom. The van der Waals surface area contributed by atoms with Crippen LogP contribution < -0.4 is 31.9 Å². The van der Waals surface area contributed by atoms with Crippen LogP contribution in [0.15, 0.2) is 140 Å². The van der Waals surface area contributed by atoms with Crippen molar-refractivity contribution < 1.29 is 38.7 Å². The van der Waals surface area contributed by atoms with Crippen LogP contribution in [0.25, 0.3) is 10.9 Å². The molecule has 3 fully saturated rings. The van der Waals surface area contributed by atoms with Crippen molar-refractivity contribution in [2.75, 3.05) is 11.4 Å². The summed E-state index contributed by atoms with van der Waals surface area (Å²) >= 11 is 0. The van der Waals surface area contributed by atoms with Gasteiger partial charge in [0.15, 0.2) is 0 Å². The highest BCUT2D eigenvalue weighted by Crippen LogP contribution is 2.57. The quantitative estimate of drug-likeness (QED) is 0.144. The number of hydrogen-bond donors (Lipinski definition) is 6. The fourth-order valence-corrected chi connectivity index (χ4v) is 12.1. The molecule has 6 heterocycles. The highest BCUT2D eigenvalue weighted by molar-refractivity contribution is 6.08. The fourth-order valence-electron chi connectivity index (χ4n) is 12.1. The number of para-hydroxylation sites is 2. The number of phenols is 1. The summed E-state index contributed by atoms with van der Waals surface area (Å²) in [5, 5.41) is 22.5. The Balaban J connectivity index is 1.04. The molecule has 17 nitrogen and oxygen atoms in total. The minimum Gasteiger partial charge on any atom is -0.508 e. The normalized spacial score (nSPS) is 27.3. The zero-order chi connectivity index (χ0) is 51.4. The van der Waals surface area contributed by atoms with E-state index in [2.05, 4.69) is 25.8 Å². The Hall–Kier alpha value is -8.31. The molecule has 17 heteroatoms. The number of nitrogens with two attached hydrogens (primary N) is 1. The number of aromatic nitrogens is 1. The van der Waals surface area contributed by atoms with Gasteiger partial charge in [-0.15, -0.1) is 0 Å². The fraction of sp³-hybridized carbons (Fsp3) is 0.316. The van der Waals surface area contributed by atoms with Crippen molar-refractivity contribution in [3.63, 3.8) is 0 Å². The van der Waals surface area contributed by atoms with Crippen molar-refractivity contribution >= 4 is 57.9 Å². The molecule has 5 aliphatic heterocycles. The third-order valence-electron chi connectivity index (χ3n) is 15.6. The third-order valence-corrected chi connectivity index (χ3v) is 15.6. The van der Waals surface area contributed by atoms with Crippen molar-refractivity contribution in [1.82, 2.24) is 35.6 Å². The van der Waals surface area contributed by atoms with Crippen LogP contribution in [-0.4, -0.2) is 116 Å². The average Bonchev–Trinajstić information content (AvgIpc) is 4.24. The van der Waals surface area contributed by atoms with Crippen LogP contribution >= 0.6 is 0 Å². The number of amides is 7. The minimum absolute atomic E-state index is 0.00234. The molecule has 1 aromatic heterocycles. The second-order valence-corrected chi connectivity index (χ2v) is 20.2. The molecule has 5 aliphatic rings. The minimum atomic E-state index is -1.26. The monoisotopic (exact) mass is 995 g/mol. The van der Waals surface area contributed by atoms with Gasteiger partial charge in [0.25, 0.3) is 5.91 Å². The number of benzene rings is 5. The summed E-state index contributed by atoms with van der Waals surface area (Å²) in [6, 6.07) is 32.1. The third kappa shape index (κ3) is 8.39.